The Bertz CT molecular complexity index is 322. The van der Waals surface area contributed by atoms with E-state index >= 15 is 0 Å². The molecule has 4 heteroatoms. The molecule has 0 aliphatic carbocycles. The second kappa shape index (κ2) is 7.54. The molecule has 1 rings (SSSR count). The zero-order chi connectivity index (χ0) is 13.5. The third-order valence-electron chi connectivity index (χ3n) is 3.34. The van der Waals surface area contributed by atoms with Gasteiger partial charge in [-0.15, -0.1) is 0 Å². The maximum absolute atomic E-state index is 4.41. The summed E-state index contributed by atoms with van der Waals surface area (Å²) in [5, 5.41) is 3.52. The monoisotopic (exact) mass is 252 g/mol. The summed E-state index contributed by atoms with van der Waals surface area (Å²) < 4.78 is 2.23. The highest BCUT2D eigenvalue weighted by molar-refractivity contribution is 4.92. The minimum Gasteiger partial charge on any atom is -0.334 e. The van der Waals surface area contributed by atoms with Crippen LogP contribution in [0, 0.1) is 5.92 Å². The number of likely N-dealkylation sites (N-methyl/N-ethyl adjacent to an activating group) is 1. The predicted molar refractivity (Wildman–Crippen MR) is 76.5 cm³/mol. The SMILES string of the molecule is CCCn1ccnc1CNCC(C(C)C)N(C)C. The van der Waals surface area contributed by atoms with Crippen molar-refractivity contribution in [1.82, 2.24) is 19.8 Å². The van der Waals surface area contributed by atoms with Gasteiger partial charge in [0, 0.05) is 31.5 Å². The summed E-state index contributed by atoms with van der Waals surface area (Å²) >= 11 is 0. The van der Waals surface area contributed by atoms with Crippen molar-refractivity contribution < 1.29 is 0 Å². The highest BCUT2D eigenvalue weighted by Gasteiger charge is 2.15. The summed E-state index contributed by atoms with van der Waals surface area (Å²) in [5.74, 6) is 1.79. The molecule has 0 radical (unpaired) electrons. The molecule has 104 valence electrons. The number of aryl methyl sites for hydroxylation is 1. The highest BCUT2D eigenvalue weighted by Crippen LogP contribution is 2.06. The molecule has 0 saturated heterocycles. The maximum atomic E-state index is 4.41. The minimum atomic E-state index is 0.569. The first-order valence-electron chi connectivity index (χ1n) is 6.93. The summed E-state index contributed by atoms with van der Waals surface area (Å²) in [4.78, 5) is 6.70. The van der Waals surface area contributed by atoms with Gasteiger partial charge < -0.3 is 14.8 Å². The van der Waals surface area contributed by atoms with Crippen LogP contribution in [0.15, 0.2) is 12.4 Å². The first kappa shape index (κ1) is 15.2. The fraction of sp³-hybridized carbons (Fsp3) is 0.786. The van der Waals surface area contributed by atoms with E-state index in [0.717, 1.165) is 31.9 Å². The van der Waals surface area contributed by atoms with E-state index in [9.17, 15) is 0 Å². The normalized spacial score (nSPS) is 13.5. The van der Waals surface area contributed by atoms with Gasteiger partial charge >= 0.3 is 0 Å². The van der Waals surface area contributed by atoms with Crippen molar-refractivity contribution in [3.8, 4) is 0 Å². The van der Waals surface area contributed by atoms with E-state index in [1.807, 2.05) is 6.20 Å². The van der Waals surface area contributed by atoms with Crippen LogP contribution in [0.5, 0.6) is 0 Å². The summed E-state index contributed by atoms with van der Waals surface area (Å²) in [6, 6.07) is 0.569. The zero-order valence-electron chi connectivity index (χ0n) is 12.5. The molecule has 18 heavy (non-hydrogen) atoms. The van der Waals surface area contributed by atoms with Crippen molar-refractivity contribution in [3.05, 3.63) is 18.2 Å². The summed E-state index contributed by atoms with van der Waals surface area (Å²) in [6.45, 7) is 9.64. The molecule has 1 atom stereocenters. The van der Waals surface area contributed by atoms with Gasteiger partial charge in [-0.3, -0.25) is 0 Å². The molecule has 1 heterocycles. The Balaban J connectivity index is 2.42. The highest BCUT2D eigenvalue weighted by atomic mass is 15.1. The molecule has 0 aliphatic rings. The lowest BCUT2D eigenvalue weighted by atomic mass is 10.0. The molecule has 1 unspecified atom stereocenters. The Kier molecular flexibility index (Phi) is 6.36. The topological polar surface area (TPSA) is 33.1 Å². The summed E-state index contributed by atoms with van der Waals surface area (Å²) in [5.41, 5.74) is 0. The number of rotatable bonds is 8. The number of hydrogen-bond donors (Lipinski definition) is 1. The Morgan fingerprint density at radius 2 is 2.11 bits per heavy atom. The van der Waals surface area contributed by atoms with Crippen LogP contribution in [0.2, 0.25) is 0 Å². The molecular formula is C14H28N4. The van der Waals surface area contributed by atoms with E-state index < -0.39 is 0 Å². The fourth-order valence-corrected chi connectivity index (χ4v) is 2.30. The molecule has 4 nitrogen and oxygen atoms in total. The molecule has 0 aliphatic heterocycles. The number of hydrogen-bond acceptors (Lipinski definition) is 3. The van der Waals surface area contributed by atoms with Gasteiger partial charge in [0.05, 0.1) is 6.54 Å². The molecule has 1 aromatic heterocycles. The Morgan fingerprint density at radius 1 is 1.39 bits per heavy atom. The molecule has 0 saturated carbocycles. The van der Waals surface area contributed by atoms with Crippen LogP contribution in [-0.4, -0.2) is 41.1 Å². The van der Waals surface area contributed by atoms with Crippen molar-refractivity contribution >= 4 is 0 Å². The van der Waals surface area contributed by atoms with Gasteiger partial charge in [-0.05, 0) is 26.4 Å². The third-order valence-corrected chi connectivity index (χ3v) is 3.34. The smallest absolute Gasteiger partial charge is 0.122 e. The van der Waals surface area contributed by atoms with Gasteiger partial charge in [-0.25, -0.2) is 4.98 Å². The largest absolute Gasteiger partial charge is 0.334 e. The Labute approximate surface area is 111 Å². The summed E-state index contributed by atoms with van der Waals surface area (Å²) in [6.07, 6.45) is 5.10. The van der Waals surface area contributed by atoms with Gasteiger partial charge in [0.25, 0.3) is 0 Å². The Morgan fingerprint density at radius 3 is 2.67 bits per heavy atom. The first-order chi connectivity index (χ1) is 8.56. The average molecular weight is 252 g/mol. The summed E-state index contributed by atoms with van der Waals surface area (Å²) in [7, 11) is 4.29. The molecular weight excluding hydrogens is 224 g/mol. The molecule has 0 fully saturated rings. The van der Waals surface area contributed by atoms with E-state index in [4.69, 9.17) is 0 Å². The lowest BCUT2D eigenvalue weighted by Crippen LogP contribution is -2.41. The second-order valence-corrected chi connectivity index (χ2v) is 5.44. The fourth-order valence-electron chi connectivity index (χ4n) is 2.30. The van der Waals surface area contributed by atoms with E-state index in [1.165, 1.54) is 0 Å². The van der Waals surface area contributed by atoms with Crippen LogP contribution in [0.1, 0.15) is 33.0 Å². The molecule has 0 spiro atoms. The number of imidazole rings is 1. The van der Waals surface area contributed by atoms with Gasteiger partial charge in [0.15, 0.2) is 0 Å². The van der Waals surface area contributed by atoms with E-state index in [2.05, 4.69) is 60.8 Å². The predicted octanol–water partition coefficient (Wildman–Crippen LogP) is 1.97. The molecule has 1 N–H and O–H groups in total. The molecule has 0 bridgehead atoms. The van der Waals surface area contributed by atoms with Crippen molar-refractivity contribution in [2.24, 2.45) is 5.92 Å². The number of nitrogens with zero attached hydrogens (tertiary/aromatic N) is 3. The van der Waals surface area contributed by atoms with Crippen LogP contribution in [0.3, 0.4) is 0 Å². The molecule has 1 aromatic rings. The van der Waals surface area contributed by atoms with Gasteiger partial charge in [-0.2, -0.15) is 0 Å². The van der Waals surface area contributed by atoms with Crippen LogP contribution in [0.25, 0.3) is 0 Å². The van der Waals surface area contributed by atoms with Gasteiger partial charge in [-0.1, -0.05) is 20.8 Å². The van der Waals surface area contributed by atoms with Crippen LogP contribution in [-0.2, 0) is 13.1 Å². The maximum Gasteiger partial charge on any atom is 0.122 e. The van der Waals surface area contributed by atoms with Gasteiger partial charge in [0.1, 0.15) is 5.82 Å². The second-order valence-electron chi connectivity index (χ2n) is 5.44. The zero-order valence-corrected chi connectivity index (χ0v) is 12.5. The van der Waals surface area contributed by atoms with E-state index in [0.29, 0.717) is 12.0 Å². The van der Waals surface area contributed by atoms with E-state index in [-0.39, 0.29) is 0 Å². The minimum absolute atomic E-state index is 0.569. The molecule has 0 aromatic carbocycles. The van der Waals surface area contributed by atoms with Crippen LogP contribution < -0.4 is 5.32 Å². The third kappa shape index (κ3) is 4.42. The lowest BCUT2D eigenvalue weighted by Gasteiger charge is -2.28. The van der Waals surface area contributed by atoms with Crippen molar-refractivity contribution in [2.45, 2.75) is 46.3 Å². The first-order valence-corrected chi connectivity index (χ1v) is 6.93. The van der Waals surface area contributed by atoms with Crippen molar-refractivity contribution in [3.63, 3.8) is 0 Å². The quantitative estimate of drug-likeness (QED) is 0.768. The Hall–Kier alpha value is -0.870. The average Bonchev–Trinajstić information content (AvgIpc) is 2.71. The van der Waals surface area contributed by atoms with Crippen molar-refractivity contribution in [1.29, 1.82) is 0 Å². The standard InChI is InChI=1S/C14H28N4/c1-6-8-18-9-7-16-14(18)11-15-10-13(12(2)3)17(4)5/h7,9,12-13,15H,6,8,10-11H2,1-5H3. The van der Waals surface area contributed by atoms with Crippen LogP contribution >= 0.6 is 0 Å². The number of nitrogens with one attached hydrogen (secondary N) is 1. The number of aromatic nitrogens is 2. The van der Waals surface area contributed by atoms with Crippen molar-refractivity contribution in [2.75, 3.05) is 20.6 Å². The molecule has 0 amide bonds. The van der Waals surface area contributed by atoms with Gasteiger partial charge in [0.2, 0.25) is 0 Å². The van der Waals surface area contributed by atoms with Crippen LogP contribution in [0.4, 0.5) is 0 Å². The lowest BCUT2D eigenvalue weighted by molar-refractivity contribution is 0.223. The van der Waals surface area contributed by atoms with E-state index in [1.54, 1.807) is 0 Å².